The normalized spacial score (nSPS) is 27.3. The van der Waals surface area contributed by atoms with Crippen molar-refractivity contribution in [2.45, 2.75) is 68.5 Å². The molecule has 0 bridgehead atoms. The van der Waals surface area contributed by atoms with E-state index in [1.54, 1.807) is 12.1 Å². The standard InChI is InChI=1S/C26H38N2O9S/c1-5-6-7-8-13-27-24(31)37-26-15-21(23(30)36-4)20(22(29)35-3)14-25(26,32)16-28(17-26)38(33,34)19-11-9-18(2)10-12-19/h9-12,20-21,32H,5-8,13-17H2,1-4H3,(H,27,31)/t20-,21+,25+,26-/m0/s1. The van der Waals surface area contributed by atoms with E-state index in [4.69, 9.17) is 14.2 Å². The number of methoxy groups -OCH3 is 2. The fraction of sp³-hybridized carbons (Fsp3) is 0.654. The predicted molar refractivity (Wildman–Crippen MR) is 136 cm³/mol. The summed E-state index contributed by atoms with van der Waals surface area (Å²) in [5, 5.41) is 14.6. The third-order valence-electron chi connectivity index (χ3n) is 7.57. The number of unbranched alkanes of at least 4 members (excludes halogenated alkanes) is 3. The zero-order chi connectivity index (χ0) is 28.1. The van der Waals surface area contributed by atoms with E-state index in [1.165, 1.54) is 12.1 Å². The Morgan fingerprint density at radius 3 is 2.18 bits per heavy atom. The molecule has 0 radical (unpaired) electrons. The minimum atomic E-state index is -4.11. The second-order valence-electron chi connectivity index (χ2n) is 10.2. The quantitative estimate of drug-likeness (QED) is 0.252. The Morgan fingerprint density at radius 1 is 1.00 bits per heavy atom. The number of carbonyl (C=O) groups is 3. The Bertz CT molecular complexity index is 1120. The van der Waals surface area contributed by atoms with Crippen molar-refractivity contribution in [1.82, 2.24) is 9.62 Å². The van der Waals surface area contributed by atoms with Gasteiger partial charge in [-0.2, -0.15) is 4.31 Å². The van der Waals surface area contributed by atoms with Gasteiger partial charge in [0, 0.05) is 19.5 Å². The molecule has 0 spiro atoms. The van der Waals surface area contributed by atoms with Gasteiger partial charge in [0.2, 0.25) is 10.0 Å². The summed E-state index contributed by atoms with van der Waals surface area (Å²) in [6, 6.07) is 6.23. The number of ether oxygens (including phenoxy) is 3. The number of hydrogen-bond acceptors (Lipinski definition) is 9. The molecular weight excluding hydrogens is 516 g/mol. The van der Waals surface area contributed by atoms with E-state index in [0.29, 0.717) is 6.54 Å². The Labute approximate surface area is 223 Å². The van der Waals surface area contributed by atoms with Crippen LogP contribution in [0, 0.1) is 18.8 Å². The van der Waals surface area contributed by atoms with E-state index in [9.17, 15) is 27.9 Å². The number of carbonyl (C=O) groups excluding carboxylic acids is 3. The minimum Gasteiger partial charge on any atom is -0.469 e. The van der Waals surface area contributed by atoms with E-state index in [-0.39, 0.29) is 17.7 Å². The lowest BCUT2D eigenvalue weighted by atomic mass is 9.64. The Morgan fingerprint density at radius 2 is 1.61 bits per heavy atom. The summed E-state index contributed by atoms with van der Waals surface area (Å²) in [6.07, 6.45) is 2.17. The number of aliphatic hydroxyl groups is 1. The number of alkyl carbamates (subject to hydrolysis) is 1. The van der Waals surface area contributed by atoms with Crippen LogP contribution in [0.4, 0.5) is 4.79 Å². The van der Waals surface area contributed by atoms with Crippen LogP contribution in [-0.4, -0.2) is 80.9 Å². The molecule has 1 heterocycles. The first-order chi connectivity index (χ1) is 17.9. The molecule has 11 nitrogen and oxygen atoms in total. The van der Waals surface area contributed by atoms with Crippen LogP contribution in [0.25, 0.3) is 0 Å². The predicted octanol–water partition coefficient (Wildman–Crippen LogP) is 2.15. The van der Waals surface area contributed by atoms with E-state index in [0.717, 1.165) is 49.8 Å². The monoisotopic (exact) mass is 554 g/mol. The van der Waals surface area contributed by atoms with Crippen molar-refractivity contribution in [3.05, 3.63) is 29.8 Å². The summed E-state index contributed by atoms with van der Waals surface area (Å²) in [4.78, 5) is 38.2. The molecule has 2 aliphatic rings. The van der Waals surface area contributed by atoms with Crippen LogP contribution < -0.4 is 5.32 Å². The molecule has 1 saturated heterocycles. The lowest BCUT2D eigenvalue weighted by Gasteiger charge is -2.48. The van der Waals surface area contributed by atoms with E-state index in [1.807, 2.05) is 6.92 Å². The second kappa shape index (κ2) is 12.0. The Balaban J connectivity index is 1.97. The molecule has 4 atom stereocenters. The van der Waals surface area contributed by atoms with Crippen LogP contribution in [0.2, 0.25) is 0 Å². The molecule has 2 N–H and O–H groups in total. The van der Waals surface area contributed by atoms with Gasteiger partial charge >= 0.3 is 18.0 Å². The number of β-amino-alcohol motifs (C(OH)–C–C–N with tert-alkyl or cyclic N) is 1. The van der Waals surface area contributed by atoms with Gasteiger partial charge in [-0.3, -0.25) is 9.59 Å². The average molecular weight is 555 g/mol. The molecule has 0 aromatic heterocycles. The van der Waals surface area contributed by atoms with Crippen LogP contribution in [-0.2, 0) is 33.8 Å². The first-order valence-corrected chi connectivity index (χ1v) is 14.3. The molecule has 1 saturated carbocycles. The van der Waals surface area contributed by atoms with Crippen LogP contribution >= 0.6 is 0 Å². The van der Waals surface area contributed by atoms with E-state index >= 15 is 0 Å². The first kappa shape index (κ1) is 29.9. The number of fused-ring (bicyclic) bond motifs is 1. The highest BCUT2D eigenvalue weighted by molar-refractivity contribution is 7.89. The van der Waals surface area contributed by atoms with Crippen molar-refractivity contribution in [3.8, 4) is 0 Å². The highest BCUT2D eigenvalue weighted by atomic mass is 32.2. The topological polar surface area (TPSA) is 149 Å². The van der Waals surface area contributed by atoms with Crippen molar-refractivity contribution in [2.24, 2.45) is 11.8 Å². The number of nitrogens with zero attached hydrogens (tertiary/aromatic N) is 1. The minimum absolute atomic E-state index is 0.00917. The molecule has 1 aliphatic heterocycles. The van der Waals surface area contributed by atoms with Crippen LogP contribution in [0.1, 0.15) is 51.0 Å². The zero-order valence-electron chi connectivity index (χ0n) is 22.4. The maximum absolute atomic E-state index is 13.6. The highest BCUT2D eigenvalue weighted by Crippen LogP contribution is 2.51. The van der Waals surface area contributed by atoms with Crippen molar-refractivity contribution in [2.75, 3.05) is 33.9 Å². The number of hydrogen-bond donors (Lipinski definition) is 2. The second-order valence-corrected chi connectivity index (χ2v) is 12.1. The van der Waals surface area contributed by atoms with Gasteiger partial charge in [0.1, 0.15) is 5.60 Å². The van der Waals surface area contributed by atoms with Gasteiger partial charge in [0.25, 0.3) is 0 Å². The van der Waals surface area contributed by atoms with Crippen molar-refractivity contribution >= 4 is 28.1 Å². The van der Waals surface area contributed by atoms with Gasteiger partial charge in [-0.25, -0.2) is 13.2 Å². The van der Waals surface area contributed by atoms with Crippen LogP contribution in [0.15, 0.2) is 29.2 Å². The van der Waals surface area contributed by atoms with Gasteiger partial charge < -0.3 is 24.6 Å². The van der Waals surface area contributed by atoms with E-state index in [2.05, 4.69) is 12.2 Å². The van der Waals surface area contributed by atoms with Crippen molar-refractivity contribution < 1.29 is 42.1 Å². The SMILES string of the molecule is CCCCCCNC(=O)O[C@]12C[C@@H](C(=O)OC)[C@@H](C(=O)OC)C[C@@]1(O)CN(S(=O)(=O)c1ccc(C)cc1)C2. The van der Waals surface area contributed by atoms with Gasteiger partial charge in [0.15, 0.2) is 5.60 Å². The van der Waals surface area contributed by atoms with Gasteiger partial charge in [-0.05, 0) is 31.9 Å². The average Bonchev–Trinajstić information content (AvgIpc) is 3.19. The number of nitrogens with one attached hydrogen (secondary N) is 1. The molecule has 1 aromatic rings. The fourth-order valence-corrected chi connectivity index (χ4v) is 6.92. The summed E-state index contributed by atoms with van der Waals surface area (Å²) >= 11 is 0. The fourth-order valence-electron chi connectivity index (χ4n) is 5.38. The number of benzene rings is 1. The van der Waals surface area contributed by atoms with Crippen molar-refractivity contribution in [1.29, 1.82) is 0 Å². The molecular formula is C26H38N2O9S. The van der Waals surface area contributed by atoms with Crippen LogP contribution in [0.3, 0.4) is 0 Å². The van der Waals surface area contributed by atoms with Crippen LogP contribution in [0.5, 0.6) is 0 Å². The first-order valence-electron chi connectivity index (χ1n) is 12.8. The number of sulfonamides is 1. The third kappa shape index (κ3) is 5.97. The summed E-state index contributed by atoms with van der Waals surface area (Å²) in [5.41, 5.74) is -2.90. The van der Waals surface area contributed by atoms with Gasteiger partial charge in [0.05, 0.1) is 37.5 Å². The molecule has 3 rings (SSSR count). The molecule has 1 amide bonds. The lowest BCUT2D eigenvalue weighted by molar-refractivity contribution is -0.192. The molecule has 38 heavy (non-hydrogen) atoms. The maximum atomic E-state index is 13.6. The summed E-state index contributed by atoms with van der Waals surface area (Å²) < 4.78 is 43.7. The molecule has 0 unspecified atom stereocenters. The summed E-state index contributed by atoms with van der Waals surface area (Å²) in [5.74, 6) is -3.73. The number of aryl methyl sites for hydroxylation is 1. The molecule has 2 fully saturated rings. The molecule has 12 heteroatoms. The summed E-state index contributed by atoms with van der Waals surface area (Å²) in [7, 11) is -1.79. The van der Waals surface area contributed by atoms with Crippen molar-refractivity contribution in [3.63, 3.8) is 0 Å². The third-order valence-corrected chi connectivity index (χ3v) is 9.37. The van der Waals surface area contributed by atoms with E-state index < -0.39 is 64.2 Å². The lowest BCUT2D eigenvalue weighted by Crippen LogP contribution is -2.64. The molecule has 212 valence electrons. The highest BCUT2D eigenvalue weighted by Gasteiger charge is 2.68. The zero-order valence-corrected chi connectivity index (χ0v) is 23.2. The molecule has 1 aliphatic carbocycles. The molecule has 1 aromatic carbocycles. The number of rotatable bonds is 10. The number of esters is 2. The van der Waals surface area contributed by atoms with Gasteiger partial charge in [-0.1, -0.05) is 43.9 Å². The number of amides is 1. The summed E-state index contributed by atoms with van der Waals surface area (Å²) in [6.45, 7) is 3.40. The Hall–Kier alpha value is -2.70. The van der Waals surface area contributed by atoms with Gasteiger partial charge in [-0.15, -0.1) is 0 Å². The smallest absolute Gasteiger partial charge is 0.407 e. The largest absolute Gasteiger partial charge is 0.469 e. The Kier molecular flexibility index (Phi) is 9.43. The maximum Gasteiger partial charge on any atom is 0.407 e.